The third-order valence-electron chi connectivity index (χ3n) is 4.15. The largest absolute Gasteiger partial charge is 0.368 e. The summed E-state index contributed by atoms with van der Waals surface area (Å²) in [5.74, 6) is -1.59. The minimum Gasteiger partial charge on any atom is -0.368 e. The number of carbonyl (C=O) groups excluding carboxylic acids is 4. The van der Waals surface area contributed by atoms with E-state index in [9.17, 15) is 19.2 Å². The molecule has 25 heavy (non-hydrogen) atoms. The molecular formula is C17H19N3O5. The quantitative estimate of drug-likeness (QED) is 0.544. The summed E-state index contributed by atoms with van der Waals surface area (Å²) in [6.07, 6.45) is 1.17. The molecule has 1 fully saturated rings. The monoisotopic (exact) mass is 345 g/mol. The molecule has 0 spiro atoms. The second-order valence-corrected chi connectivity index (χ2v) is 5.88. The van der Waals surface area contributed by atoms with Crippen molar-refractivity contribution in [3.05, 3.63) is 35.4 Å². The second kappa shape index (κ2) is 7.43. The molecule has 3 rings (SSSR count). The molecule has 1 aromatic carbocycles. The van der Waals surface area contributed by atoms with Crippen LogP contribution in [0.25, 0.3) is 0 Å². The summed E-state index contributed by atoms with van der Waals surface area (Å²) in [6, 6.07) is 6.47. The summed E-state index contributed by atoms with van der Waals surface area (Å²) in [4.78, 5) is 48.9. The Balaban J connectivity index is 1.42. The van der Waals surface area contributed by atoms with E-state index in [-0.39, 0.29) is 25.5 Å². The summed E-state index contributed by atoms with van der Waals surface area (Å²) < 4.78 is 5.25. The van der Waals surface area contributed by atoms with Crippen LogP contribution in [0.3, 0.4) is 0 Å². The highest BCUT2D eigenvalue weighted by Crippen LogP contribution is 2.21. The highest BCUT2D eigenvalue weighted by molar-refractivity contribution is 6.22. The first kappa shape index (κ1) is 17.1. The molecule has 0 aliphatic carbocycles. The molecule has 0 radical (unpaired) electrons. The molecule has 2 heterocycles. The molecule has 2 aliphatic heterocycles. The molecule has 2 N–H and O–H groups in total. The van der Waals surface area contributed by atoms with Gasteiger partial charge in [0.2, 0.25) is 11.8 Å². The second-order valence-electron chi connectivity index (χ2n) is 5.88. The van der Waals surface area contributed by atoms with Crippen LogP contribution in [0.2, 0.25) is 0 Å². The van der Waals surface area contributed by atoms with Crippen LogP contribution in [-0.4, -0.2) is 60.9 Å². The van der Waals surface area contributed by atoms with Gasteiger partial charge < -0.3 is 15.4 Å². The van der Waals surface area contributed by atoms with E-state index in [0.29, 0.717) is 24.2 Å². The maximum atomic E-state index is 12.2. The SMILES string of the molecule is O=C(CN1C(=O)c2ccccc2C1=O)NCCNC(=O)C1CCCO1. The van der Waals surface area contributed by atoms with E-state index in [4.69, 9.17) is 4.74 Å². The van der Waals surface area contributed by atoms with Gasteiger partial charge in [-0.1, -0.05) is 12.1 Å². The van der Waals surface area contributed by atoms with E-state index in [1.54, 1.807) is 24.3 Å². The molecule has 0 aromatic heterocycles. The lowest BCUT2D eigenvalue weighted by Gasteiger charge is -2.14. The molecular weight excluding hydrogens is 326 g/mol. The number of nitrogens with one attached hydrogen (secondary N) is 2. The summed E-state index contributed by atoms with van der Waals surface area (Å²) in [5.41, 5.74) is 0.619. The molecule has 0 bridgehead atoms. The van der Waals surface area contributed by atoms with Crippen LogP contribution in [0, 0.1) is 0 Å². The van der Waals surface area contributed by atoms with Gasteiger partial charge in [0, 0.05) is 19.7 Å². The van der Waals surface area contributed by atoms with Gasteiger partial charge in [-0.3, -0.25) is 24.1 Å². The topological polar surface area (TPSA) is 105 Å². The number of benzene rings is 1. The van der Waals surface area contributed by atoms with Crippen molar-refractivity contribution >= 4 is 23.6 Å². The summed E-state index contributed by atoms with van der Waals surface area (Å²) in [7, 11) is 0. The first-order valence-electron chi connectivity index (χ1n) is 8.19. The zero-order chi connectivity index (χ0) is 17.8. The van der Waals surface area contributed by atoms with Gasteiger partial charge in [-0.05, 0) is 25.0 Å². The molecule has 8 heteroatoms. The Hall–Kier alpha value is -2.74. The predicted molar refractivity (Wildman–Crippen MR) is 86.8 cm³/mol. The van der Waals surface area contributed by atoms with Crippen LogP contribution in [0.4, 0.5) is 0 Å². The third kappa shape index (κ3) is 3.69. The normalized spacial score (nSPS) is 19.0. The standard InChI is InChI=1S/C17H19N3O5/c21-14(18-7-8-19-15(22)13-6-3-9-25-13)10-20-16(23)11-4-1-2-5-12(11)17(20)24/h1-2,4-5,13H,3,6-10H2,(H,18,21)(H,19,22). The fraction of sp³-hybridized carbons (Fsp3) is 0.412. The maximum Gasteiger partial charge on any atom is 0.262 e. The van der Waals surface area contributed by atoms with Crippen molar-refractivity contribution in [2.24, 2.45) is 0 Å². The summed E-state index contributed by atoms with van der Waals surface area (Å²) in [5, 5.41) is 5.26. The van der Waals surface area contributed by atoms with E-state index >= 15 is 0 Å². The van der Waals surface area contributed by atoms with Crippen molar-refractivity contribution < 1.29 is 23.9 Å². The van der Waals surface area contributed by atoms with Crippen LogP contribution < -0.4 is 10.6 Å². The van der Waals surface area contributed by atoms with Crippen LogP contribution >= 0.6 is 0 Å². The number of hydrogen-bond acceptors (Lipinski definition) is 5. The van der Waals surface area contributed by atoms with Crippen LogP contribution in [0.15, 0.2) is 24.3 Å². The zero-order valence-corrected chi connectivity index (χ0v) is 13.6. The van der Waals surface area contributed by atoms with Crippen molar-refractivity contribution in [1.29, 1.82) is 0 Å². The molecule has 2 aliphatic rings. The number of ether oxygens (including phenoxy) is 1. The van der Waals surface area contributed by atoms with Crippen molar-refractivity contribution in [1.82, 2.24) is 15.5 Å². The predicted octanol–water partition coefficient (Wildman–Crippen LogP) is -0.306. The van der Waals surface area contributed by atoms with E-state index in [1.165, 1.54) is 0 Å². The Labute approximate surface area is 144 Å². The molecule has 1 aromatic rings. The fourth-order valence-electron chi connectivity index (χ4n) is 2.87. The number of hydrogen-bond donors (Lipinski definition) is 2. The lowest BCUT2D eigenvalue weighted by atomic mass is 10.1. The molecule has 0 saturated carbocycles. The van der Waals surface area contributed by atoms with Crippen LogP contribution in [0.1, 0.15) is 33.6 Å². The highest BCUT2D eigenvalue weighted by Gasteiger charge is 2.36. The van der Waals surface area contributed by atoms with Gasteiger partial charge in [0.1, 0.15) is 12.6 Å². The lowest BCUT2D eigenvalue weighted by molar-refractivity contribution is -0.130. The number of imide groups is 1. The molecule has 1 unspecified atom stereocenters. The number of carbonyl (C=O) groups is 4. The van der Waals surface area contributed by atoms with Gasteiger partial charge >= 0.3 is 0 Å². The number of fused-ring (bicyclic) bond motifs is 1. The Kier molecular flexibility index (Phi) is 5.08. The molecule has 1 saturated heterocycles. The van der Waals surface area contributed by atoms with Gasteiger partial charge in [0.05, 0.1) is 11.1 Å². The first-order chi connectivity index (χ1) is 12.1. The maximum absolute atomic E-state index is 12.2. The average Bonchev–Trinajstić information content (AvgIpc) is 3.23. The summed E-state index contributed by atoms with van der Waals surface area (Å²) >= 11 is 0. The Bertz CT molecular complexity index is 677. The van der Waals surface area contributed by atoms with Gasteiger partial charge in [0.15, 0.2) is 0 Å². The Morgan fingerprint density at radius 1 is 1.08 bits per heavy atom. The van der Waals surface area contributed by atoms with Crippen molar-refractivity contribution in [2.75, 3.05) is 26.2 Å². The number of rotatable bonds is 6. The van der Waals surface area contributed by atoms with Gasteiger partial charge in [-0.25, -0.2) is 0 Å². The van der Waals surface area contributed by atoms with Gasteiger partial charge in [-0.15, -0.1) is 0 Å². The smallest absolute Gasteiger partial charge is 0.262 e. The van der Waals surface area contributed by atoms with Gasteiger partial charge in [-0.2, -0.15) is 0 Å². The summed E-state index contributed by atoms with van der Waals surface area (Å²) in [6.45, 7) is 0.716. The van der Waals surface area contributed by atoms with Crippen LogP contribution in [-0.2, 0) is 14.3 Å². The zero-order valence-electron chi connectivity index (χ0n) is 13.6. The minimum atomic E-state index is -0.470. The third-order valence-corrected chi connectivity index (χ3v) is 4.15. The van der Waals surface area contributed by atoms with Gasteiger partial charge in [0.25, 0.3) is 11.8 Å². The first-order valence-corrected chi connectivity index (χ1v) is 8.19. The van der Waals surface area contributed by atoms with Crippen molar-refractivity contribution in [3.8, 4) is 0 Å². The highest BCUT2D eigenvalue weighted by atomic mass is 16.5. The molecule has 132 valence electrons. The van der Waals surface area contributed by atoms with E-state index < -0.39 is 23.8 Å². The van der Waals surface area contributed by atoms with Crippen molar-refractivity contribution in [2.45, 2.75) is 18.9 Å². The molecule has 8 nitrogen and oxygen atoms in total. The fourth-order valence-corrected chi connectivity index (χ4v) is 2.87. The number of nitrogens with zero attached hydrogens (tertiary/aromatic N) is 1. The van der Waals surface area contributed by atoms with Crippen LogP contribution in [0.5, 0.6) is 0 Å². The molecule has 1 atom stereocenters. The van der Waals surface area contributed by atoms with E-state index in [2.05, 4.69) is 10.6 Å². The Morgan fingerprint density at radius 3 is 2.32 bits per heavy atom. The molecule has 4 amide bonds. The average molecular weight is 345 g/mol. The van der Waals surface area contributed by atoms with E-state index in [0.717, 1.165) is 11.3 Å². The Morgan fingerprint density at radius 2 is 1.72 bits per heavy atom. The van der Waals surface area contributed by atoms with Crippen molar-refractivity contribution in [3.63, 3.8) is 0 Å². The van der Waals surface area contributed by atoms with E-state index in [1.807, 2.05) is 0 Å². The lowest BCUT2D eigenvalue weighted by Crippen LogP contribution is -2.43. The minimum absolute atomic E-state index is 0.188. The number of amides is 4.